The predicted molar refractivity (Wildman–Crippen MR) is 94.1 cm³/mol. The van der Waals surface area contributed by atoms with E-state index >= 15 is 0 Å². The van der Waals surface area contributed by atoms with Crippen LogP contribution in [0.3, 0.4) is 0 Å². The fourth-order valence-corrected chi connectivity index (χ4v) is 3.24. The van der Waals surface area contributed by atoms with E-state index in [9.17, 15) is 9.59 Å². The van der Waals surface area contributed by atoms with Crippen LogP contribution in [0.5, 0.6) is 0 Å². The quantitative estimate of drug-likeness (QED) is 0.602. The third-order valence-electron chi connectivity index (χ3n) is 3.72. The average Bonchev–Trinajstić information content (AvgIpc) is 2.91. The van der Waals surface area contributed by atoms with E-state index in [-0.39, 0.29) is 23.3 Å². The maximum Gasteiger partial charge on any atom is 0.278 e. The number of hydrogen-bond donors (Lipinski definition) is 2. The van der Waals surface area contributed by atoms with E-state index < -0.39 is 0 Å². The number of fused-ring (bicyclic) bond motifs is 1. The Morgan fingerprint density at radius 3 is 2.87 bits per heavy atom. The number of carbonyl (C=O) groups is 1. The Hall–Kier alpha value is -1.76. The van der Waals surface area contributed by atoms with Crippen LogP contribution in [0.1, 0.15) is 45.3 Å². The van der Waals surface area contributed by atoms with E-state index in [1.54, 1.807) is 4.57 Å². The summed E-state index contributed by atoms with van der Waals surface area (Å²) < 4.78 is 1.69. The fraction of sp³-hybridized carbons (Fsp3) is 0.562. The predicted octanol–water partition coefficient (Wildman–Crippen LogP) is 2.62. The second-order valence-corrected chi connectivity index (χ2v) is 6.62. The third kappa shape index (κ3) is 3.96. The van der Waals surface area contributed by atoms with Gasteiger partial charge < -0.3 is 10.3 Å². The third-order valence-corrected chi connectivity index (χ3v) is 4.68. The number of aromatic amines is 1. The van der Waals surface area contributed by atoms with E-state index in [1.807, 2.05) is 33.8 Å². The van der Waals surface area contributed by atoms with Gasteiger partial charge in [0.15, 0.2) is 5.16 Å². The zero-order valence-corrected chi connectivity index (χ0v) is 14.9. The number of nitrogens with zero attached hydrogens (tertiary/aromatic N) is 2. The Kier molecular flexibility index (Phi) is 5.87. The van der Waals surface area contributed by atoms with Crippen molar-refractivity contribution in [3.05, 3.63) is 22.1 Å². The zero-order chi connectivity index (χ0) is 17.0. The first-order valence-electron chi connectivity index (χ1n) is 7.99. The fourth-order valence-electron chi connectivity index (χ4n) is 2.31. The highest BCUT2D eigenvalue weighted by atomic mass is 32.2. The summed E-state index contributed by atoms with van der Waals surface area (Å²) in [7, 11) is 0. The van der Waals surface area contributed by atoms with E-state index in [4.69, 9.17) is 0 Å². The molecule has 23 heavy (non-hydrogen) atoms. The molecule has 1 amide bonds. The van der Waals surface area contributed by atoms with E-state index in [2.05, 4.69) is 15.3 Å². The van der Waals surface area contributed by atoms with Crippen LogP contribution in [0.15, 0.2) is 16.0 Å². The summed E-state index contributed by atoms with van der Waals surface area (Å²) in [6, 6.07) is 1.89. The molecule has 2 aromatic heterocycles. The number of rotatable bonds is 7. The van der Waals surface area contributed by atoms with Gasteiger partial charge in [-0.1, -0.05) is 25.6 Å². The van der Waals surface area contributed by atoms with Crippen molar-refractivity contribution in [2.75, 3.05) is 12.3 Å². The van der Waals surface area contributed by atoms with Crippen molar-refractivity contribution in [1.82, 2.24) is 19.9 Å². The molecule has 1 unspecified atom stereocenters. The van der Waals surface area contributed by atoms with Crippen LogP contribution in [0.25, 0.3) is 11.0 Å². The molecule has 0 aliphatic heterocycles. The zero-order valence-electron chi connectivity index (χ0n) is 14.1. The van der Waals surface area contributed by atoms with Crippen LogP contribution in [-0.4, -0.2) is 32.7 Å². The summed E-state index contributed by atoms with van der Waals surface area (Å²) in [6.07, 6.45) is 1.73. The van der Waals surface area contributed by atoms with Gasteiger partial charge in [-0.2, -0.15) is 0 Å². The summed E-state index contributed by atoms with van der Waals surface area (Å²) in [5.41, 5.74) is 2.02. The van der Waals surface area contributed by atoms with Gasteiger partial charge in [0.25, 0.3) is 5.56 Å². The van der Waals surface area contributed by atoms with Crippen molar-refractivity contribution in [3.63, 3.8) is 0 Å². The molecule has 6 nitrogen and oxygen atoms in total. The monoisotopic (exact) mass is 336 g/mol. The molecule has 0 aromatic carbocycles. The summed E-state index contributed by atoms with van der Waals surface area (Å²) in [5, 5.41) is 3.44. The maximum absolute atomic E-state index is 12.8. The van der Waals surface area contributed by atoms with Gasteiger partial charge in [0.2, 0.25) is 5.91 Å². The van der Waals surface area contributed by atoms with E-state index in [0.717, 1.165) is 18.5 Å². The Morgan fingerprint density at radius 1 is 1.48 bits per heavy atom. The van der Waals surface area contributed by atoms with Gasteiger partial charge in [0, 0.05) is 18.3 Å². The number of amides is 1. The lowest BCUT2D eigenvalue weighted by Crippen LogP contribution is -2.28. The molecule has 0 aliphatic carbocycles. The molecule has 0 saturated heterocycles. The van der Waals surface area contributed by atoms with E-state index in [1.165, 1.54) is 11.8 Å². The number of thioether (sulfide) groups is 1. The van der Waals surface area contributed by atoms with Crippen LogP contribution >= 0.6 is 11.8 Å². The highest BCUT2D eigenvalue weighted by Crippen LogP contribution is 2.22. The smallest absolute Gasteiger partial charge is 0.278 e. The normalized spacial score (nSPS) is 12.5. The van der Waals surface area contributed by atoms with Crippen LogP contribution in [0, 0.1) is 6.92 Å². The molecule has 1 atom stereocenters. The maximum atomic E-state index is 12.8. The first kappa shape index (κ1) is 17.6. The SMILES string of the molecule is CCCNC(=O)CSc1nc2cc(C)[nH]c2c(=O)n1C(C)CC. The summed E-state index contributed by atoms with van der Waals surface area (Å²) >= 11 is 1.31. The molecule has 0 fully saturated rings. The molecular weight excluding hydrogens is 312 g/mol. The number of aryl methyl sites for hydroxylation is 1. The average molecular weight is 336 g/mol. The van der Waals surface area contributed by atoms with Crippen molar-refractivity contribution in [2.24, 2.45) is 0 Å². The van der Waals surface area contributed by atoms with Gasteiger partial charge in [-0.25, -0.2) is 4.98 Å². The molecule has 0 aliphatic rings. The first-order valence-corrected chi connectivity index (χ1v) is 8.97. The van der Waals surface area contributed by atoms with Crippen LogP contribution in [0.2, 0.25) is 0 Å². The van der Waals surface area contributed by atoms with Crippen LogP contribution < -0.4 is 10.9 Å². The molecule has 126 valence electrons. The van der Waals surface area contributed by atoms with Gasteiger partial charge in [0.05, 0.1) is 11.3 Å². The molecule has 0 spiro atoms. The van der Waals surface area contributed by atoms with Gasteiger partial charge in [0.1, 0.15) is 5.52 Å². The topological polar surface area (TPSA) is 79.8 Å². The van der Waals surface area contributed by atoms with E-state index in [0.29, 0.717) is 22.7 Å². The lowest BCUT2D eigenvalue weighted by molar-refractivity contribution is -0.118. The lowest BCUT2D eigenvalue weighted by Gasteiger charge is -2.17. The highest BCUT2D eigenvalue weighted by Gasteiger charge is 2.17. The Bertz CT molecular complexity index is 750. The first-order chi connectivity index (χ1) is 11.0. The Labute approximate surface area is 140 Å². The minimum atomic E-state index is -0.0751. The highest BCUT2D eigenvalue weighted by molar-refractivity contribution is 7.99. The number of aromatic nitrogens is 3. The van der Waals surface area contributed by atoms with Crippen LogP contribution in [0.4, 0.5) is 0 Å². The molecule has 7 heteroatoms. The van der Waals surface area contributed by atoms with Gasteiger partial charge >= 0.3 is 0 Å². The number of H-pyrrole nitrogens is 1. The molecule has 2 rings (SSSR count). The molecule has 2 heterocycles. The number of carbonyl (C=O) groups excluding carboxylic acids is 1. The number of hydrogen-bond acceptors (Lipinski definition) is 4. The standard InChI is InChI=1S/C16H24N4O2S/c1-5-7-17-13(21)9-23-16-19-12-8-10(3)18-14(12)15(22)20(16)11(4)6-2/h8,11,18H,5-7,9H2,1-4H3,(H,17,21). The minimum Gasteiger partial charge on any atom is -0.355 e. The van der Waals surface area contributed by atoms with Crippen molar-refractivity contribution in [2.45, 2.75) is 51.7 Å². The van der Waals surface area contributed by atoms with Crippen LogP contribution in [-0.2, 0) is 4.79 Å². The molecule has 0 saturated carbocycles. The molecular formula is C16H24N4O2S. The van der Waals surface area contributed by atoms with Crippen molar-refractivity contribution in [1.29, 1.82) is 0 Å². The lowest BCUT2D eigenvalue weighted by atomic mass is 10.2. The molecule has 2 aromatic rings. The molecule has 0 bridgehead atoms. The Morgan fingerprint density at radius 2 is 2.22 bits per heavy atom. The van der Waals surface area contributed by atoms with Gasteiger partial charge in [-0.05, 0) is 32.8 Å². The summed E-state index contributed by atoms with van der Waals surface area (Å²) in [4.78, 5) is 32.3. The van der Waals surface area contributed by atoms with Crippen molar-refractivity contribution < 1.29 is 4.79 Å². The molecule has 0 radical (unpaired) electrons. The summed E-state index contributed by atoms with van der Waals surface area (Å²) in [5.74, 6) is 0.227. The van der Waals surface area contributed by atoms with Gasteiger partial charge in [-0.3, -0.25) is 14.2 Å². The minimum absolute atomic E-state index is 0.0317. The Balaban J connectivity index is 2.36. The summed E-state index contributed by atoms with van der Waals surface area (Å²) in [6.45, 7) is 8.61. The van der Waals surface area contributed by atoms with Gasteiger partial charge in [-0.15, -0.1) is 0 Å². The number of nitrogens with one attached hydrogen (secondary N) is 2. The van der Waals surface area contributed by atoms with Crippen molar-refractivity contribution >= 4 is 28.7 Å². The second-order valence-electron chi connectivity index (χ2n) is 5.68. The molecule has 2 N–H and O–H groups in total. The second kappa shape index (κ2) is 7.68. The van der Waals surface area contributed by atoms with Crippen molar-refractivity contribution in [3.8, 4) is 0 Å². The largest absolute Gasteiger partial charge is 0.355 e.